The van der Waals surface area contributed by atoms with Crippen LogP contribution >= 0.6 is 11.3 Å². The van der Waals surface area contributed by atoms with Crippen LogP contribution in [0.4, 0.5) is 0 Å². The minimum absolute atomic E-state index is 0.0720. The second-order valence-electron chi connectivity index (χ2n) is 6.29. The molecule has 2 aromatic rings. The normalized spacial score (nSPS) is 15.5. The molecule has 3 rings (SSSR count). The highest BCUT2D eigenvalue weighted by Crippen LogP contribution is 2.19. The quantitative estimate of drug-likeness (QED) is 0.819. The molecule has 1 fully saturated rings. The van der Waals surface area contributed by atoms with Crippen LogP contribution in [-0.2, 0) is 16.0 Å². The average Bonchev–Trinajstić information content (AvgIpc) is 3.12. The Hall–Kier alpha value is -2.03. The fourth-order valence-electron chi connectivity index (χ4n) is 2.78. The van der Waals surface area contributed by atoms with Crippen molar-refractivity contribution in [2.24, 2.45) is 0 Å². The molecule has 0 aliphatic carbocycles. The number of nitrogens with zero attached hydrogens (tertiary/aromatic N) is 6. The summed E-state index contributed by atoms with van der Waals surface area (Å²) >= 11 is 1.48. The van der Waals surface area contributed by atoms with E-state index in [-0.39, 0.29) is 17.7 Å². The van der Waals surface area contributed by atoms with Gasteiger partial charge < -0.3 is 9.80 Å². The summed E-state index contributed by atoms with van der Waals surface area (Å²) in [5.41, 5.74) is 0. The molecule has 24 heavy (non-hydrogen) atoms. The highest BCUT2D eigenvalue weighted by Gasteiger charge is 2.22. The zero-order valence-electron chi connectivity index (χ0n) is 14.2. The van der Waals surface area contributed by atoms with Crippen molar-refractivity contribution >= 4 is 28.1 Å². The van der Waals surface area contributed by atoms with Crippen LogP contribution in [0.2, 0.25) is 0 Å². The first-order valence-electron chi connectivity index (χ1n) is 8.20. The Kier molecular flexibility index (Phi) is 4.79. The molecule has 0 saturated carbocycles. The number of carbonyl (C=O) groups excluding carboxylic acids is 2. The lowest BCUT2D eigenvalue weighted by Gasteiger charge is -2.34. The second-order valence-corrected chi connectivity index (χ2v) is 7.33. The van der Waals surface area contributed by atoms with Gasteiger partial charge in [0.05, 0.1) is 0 Å². The molecule has 130 valence electrons. The molecule has 1 saturated heterocycles. The van der Waals surface area contributed by atoms with Gasteiger partial charge in [-0.25, -0.2) is 0 Å². The Bertz CT molecular complexity index is 744. The van der Waals surface area contributed by atoms with Crippen molar-refractivity contribution in [2.45, 2.75) is 39.5 Å². The van der Waals surface area contributed by atoms with Crippen LogP contribution < -0.4 is 0 Å². The molecule has 0 atom stereocenters. The van der Waals surface area contributed by atoms with Gasteiger partial charge in [0.15, 0.2) is 5.82 Å². The molecule has 0 radical (unpaired) electrons. The highest BCUT2D eigenvalue weighted by atomic mass is 32.1. The van der Waals surface area contributed by atoms with Crippen molar-refractivity contribution in [3.63, 3.8) is 0 Å². The largest absolute Gasteiger partial charge is 0.339 e. The zero-order valence-corrected chi connectivity index (χ0v) is 15.0. The fourth-order valence-corrected chi connectivity index (χ4v) is 3.62. The molecule has 9 heteroatoms. The summed E-state index contributed by atoms with van der Waals surface area (Å²) in [6, 6.07) is 0. The molecule has 0 N–H and O–H groups in total. The summed E-state index contributed by atoms with van der Waals surface area (Å²) in [6.07, 6.45) is 1.04. The van der Waals surface area contributed by atoms with E-state index >= 15 is 0 Å². The van der Waals surface area contributed by atoms with Gasteiger partial charge in [0, 0.05) is 51.9 Å². The lowest BCUT2D eigenvalue weighted by molar-refractivity contribution is -0.138. The molecule has 3 heterocycles. The maximum Gasteiger partial charge on any atom is 0.234 e. The summed E-state index contributed by atoms with van der Waals surface area (Å²) in [7, 11) is 0. The van der Waals surface area contributed by atoms with Crippen molar-refractivity contribution in [3.05, 3.63) is 10.8 Å². The maximum atomic E-state index is 12.3. The molecule has 0 spiro atoms. The van der Waals surface area contributed by atoms with Crippen molar-refractivity contribution in [1.29, 1.82) is 0 Å². The van der Waals surface area contributed by atoms with E-state index in [4.69, 9.17) is 0 Å². The number of hydrogen-bond acceptors (Lipinski definition) is 6. The first-order chi connectivity index (χ1) is 11.5. The van der Waals surface area contributed by atoms with Gasteiger partial charge in [0.1, 0.15) is 5.01 Å². The number of piperazine rings is 1. The minimum atomic E-state index is 0.0720. The predicted octanol–water partition coefficient (Wildman–Crippen LogP) is 0.932. The van der Waals surface area contributed by atoms with Crippen molar-refractivity contribution in [2.75, 3.05) is 26.2 Å². The molecular formula is C15H22N6O2S. The summed E-state index contributed by atoms with van der Waals surface area (Å²) in [5, 5.41) is 13.7. The highest BCUT2D eigenvalue weighted by molar-refractivity contribution is 7.16. The number of hydrogen-bond donors (Lipinski definition) is 0. The average molecular weight is 350 g/mol. The number of amides is 2. The molecular weight excluding hydrogens is 328 g/mol. The summed E-state index contributed by atoms with van der Waals surface area (Å²) in [5.74, 6) is 1.30. The zero-order chi connectivity index (χ0) is 17.3. The topological polar surface area (TPSA) is 83.7 Å². The van der Waals surface area contributed by atoms with Gasteiger partial charge in [-0.05, 0) is 0 Å². The number of fused-ring (bicyclic) bond motifs is 1. The lowest BCUT2D eigenvalue weighted by atomic mass is 10.2. The standard InChI is InChI=1S/C15H22N6O2S/c1-10(2)14-16-17-15-21(14)18-12(24-15)4-5-13(23)20-8-6-19(7-9-20)11(3)22/h10H,4-9H2,1-3H3. The minimum Gasteiger partial charge on any atom is -0.339 e. The van der Waals surface area contributed by atoms with Crippen LogP contribution in [0, 0.1) is 0 Å². The van der Waals surface area contributed by atoms with Gasteiger partial charge in [-0.2, -0.15) is 9.61 Å². The van der Waals surface area contributed by atoms with Crippen molar-refractivity contribution < 1.29 is 9.59 Å². The van der Waals surface area contributed by atoms with Gasteiger partial charge in [-0.3, -0.25) is 9.59 Å². The van der Waals surface area contributed by atoms with E-state index in [2.05, 4.69) is 29.1 Å². The van der Waals surface area contributed by atoms with Crippen LogP contribution in [0.15, 0.2) is 0 Å². The van der Waals surface area contributed by atoms with E-state index < -0.39 is 0 Å². The van der Waals surface area contributed by atoms with Gasteiger partial charge in [0.2, 0.25) is 16.8 Å². The van der Waals surface area contributed by atoms with Crippen LogP contribution in [-0.4, -0.2) is 67.6 Å². The Morgan fingerprint density at radius 3 is 2.42 bits per heavy atom. The smallest absolute Gasteiger partial charge is 0.234 e. The maximum absolute atomic E-state index is 12.3. The predicted molar refractivity (Wildman–Crippen MR) is 89.9 cm³/mol. The Morgan fingerprint density at radius 2 is 1.79 bits per heavy atom. The fraction of sp³-hybridized carbons (Fsp3) is 0.667. The lowest BCUT2D eigenvalue weighted by Crippen LogP contribution is -2.50. The molecule has 2 aromatic heterocycles. The monoisotopic (exact) mass is 350 g/mol. The number of rotatable bonds is 4. The SMILES string of the molecule is CC(=O)N1CCN(C(=O)CCc2nn3c(C(C)C)nnc3s2)CC1. The summed E-state index contributed by atoms with van der Waals surface area (Å²) in [4.78, 5) is 28.0. The van der Waals surface area contributed by atoms with E-state index in [1.165, 1.54) is 11.3 Å². The number of carbonyl (C=O) groups is 2. The van der Waals surface area contributed by atoms with E-state index in [1.54, 1.807) is 16.3 Å². The van der Waals surface area contributed by atoms with Crippen molar-refractivity contribution in [3.8, 4) is 0 Å². The number of aromatic nitrogens is 4. The Labute approximate surface area is 144 Å². The third-order valence-corrected chi connectivity index (χ3v) is 5.16. The first kappa shape index (κ1) is 16.8. The Balaban J connectivity index is 1.56. The van der Waals surface area contributed by atoms with E-state index in [9.17, 15) is 9.59 Å². The van der Waals surface area contributed by atoms with E-state index in [0.29, 0.717) is 39.0 Å². The molecule has 0 bridgehead atoms. The van der Waals surface area contributed by atoms with Gasteiger partial charge >= 0.3 is 0 Å². The van der Waals surface area contributed by atoms with Crippen LogP contribution in [0.1, 0.15) is 43.9 Å². The molecule has 1 aliphatic heterocycles. The van der Waals surface area contributed by atoms with E-state index in [1.807, 2.05) is 4.90 Å². The second kappa shape index (κ2) is 6.84. The van der Waals surface area contributed by atoms with Gasteiger partial charge in [0.25, 0.3) is 0 Å². The molecule has 0 aromatic carbocycles. The van der Waals surface area contributed by atoms with Crippen LogP contribution in [0.3, 0.4) is 0 Å². The Morgan fingerprint density at radius 1 is 1.12 bits per heavy atom. The molecule has 8 nitrogen and oxygen atoms in total. The molecule has 1 aliphatic rings. The molecule has 2 amide bonds. The third-order valence-electron chi connectivity index (χ3n) is 4.20. The summed E-state index contributed by atoms with van der Waals surface area (Å²) < 4.78 is 1.78. The van der Waals surface area contributed by atoms with Gasteiger partial charge in [-0.1, -0.05) is 25.2 Å². The third kappa shape index (κ3) is 3.40. The van der Waals surface area contributed by atoms with Crippen molar-refractivity contribution in [1.82, 2.24) is 29.6 Å². The molecule has 0 unspecified atom stereocenters. The van der Waals surface area contributed by atoms with Gasteiger partial charge in [-0.15, -0.1) is 10.2 Å². The van der Waals surface area contributed by atoms with Crippen LogP contribution in [0.25, 0.3) is 4.96 Å². The van der Waals surface area contributed by atoms with Crippen LogP contribution in [0.5, 0.6) is 0 Å². The first-order valence-corrected chi connectivity index (χ1v) is 9.01. The summed E-state index contributed by atoms with van der Waals surface area (Å²) in [6.45, 7) is 8.14. The van der Waals surface area contributed by atoms with E-state index in [0.717, 1.165) is 15.8 Å². The number of aryl methyl sites for hydroxylation is 1.